The predicted molar refractivity (Wildman–Crippen MR) is 86.6 cm³/mol. The van der Waals surface area contributed by atoms with Crippen LogP contribution in [0.1, 0.15) is 18.9 Å². The van der Waals surface area contributed by atoms with E-state index in [-0.39, 0.29) is 18.7 Å². The number of rotatable bonds is 6. The first-order valence-corrected chi connectivity index (χ1v) is 7.38. The van der Waals surface area contributed by atoms with E-state index in [9.17, 15) is 14.7 Å². The summed E-state index contributed by atoms with van der Waals surface area (Å²) in [6.45, 7) is 1.64. The van der Waals surface area contributed by atoms with Gasteiger partial charge in [-0.15, -0.1) is 0 Å². The summed E-state index contributed by atoms with van der Waals surface area (Å²) >= 11 is 0. The van der Waals surface area contributed by atoms with E-state index in [1.165, 1.54) is 0 Å². The van der Waals surface area contributed by atoms with E-state index in [0.29, 0.717) is 0 Å². The molecule has 2 atom stereocenters. The SMILES string of the molecule is C[C@H](CC#N)[C@H](NC(=O)Cc1ccc2ccccc2c1)C(=O)O. The molecule has 0 heterocycles. The van der Waals surface area contributed by atoms with Crippen LogP contribution in [0.15, 0.2) is 42.5 Å². The average Bonchev–Trinajstić information content (AvgIpc) is 2.52. The first-order valence-electron chi connectivity index (χ1n) is 7.38. The van der Waals surface area contributed by atoms with E-state index in [1.807, 2.05) is 48.5 Å². The van der Waals surface area contributed by atoms with Gasteiger partial charge in [-0.2, -0.15) is 5.26 Å². The molecule has 0 unspecified atom stereocenters. The van der Waals surface area contributed by atoms with Crippen LogP contribution in [0, 0.1) is 17.2 Å². The number of carbonyl (C=O) groups is 2. The second-order valence-corrected chi connectivity index (χ2v) is 5.58. The number of hydrogen-bond donors (Lipinski definition) is 2. The molecule has 0 aliphatic carbocycles. The maximum atomic E-state index is 12.1. The van der Waals surface area contributed by atoms with Crippen LogP contribution in [0.3, 0.4) is 0 Å². The highest BCUT2D eigenvalue weighted by molar-refractivity contribution is 5.87. The highest BCUT2D eigenvalue weighted by Crippen LogP contribution is 2.16. The van der Waals surface area contributed by atoms with Gasteiger partial charge in [0.15, 0.2) is 0 Å². The van der Waals surface area contributed by atoms with Crippen molar-refractivity contribution in [3.63, 3.8) is 0 Å². The largest absolute Gasteiger partial charge is 0.480 e. The molecule has 0 spiro atoms. The number of benzene rings is 2. The lowest BCUT2D eigenvalue weighted by Gasteiger charge is -2.19. The summed E-state index contributed by atoms with van der Waals surface area (Å²) in [7, 11) is 0. The smallest absolute Gasteiger partial charge is 0.326 e. The van der Waals surface area contributed by atoms with Crippen molar-refractivity contribution in [3.05, 3.63) is 48.0 Å². The third kappa shape index (κ3) is 4.30. The minimum atomic E-state index is -1.13. The quantitative estimate of drug-likeness (QED) is 0.857. The van der Waals surface area contributed by atoms with Crippen LogP contribution in [-0.2, 0) is 16.0 Å². The fourth-order valence-electron chi connectivity index (χ4n) is 2.47. The van der Waals surface area contributed by atoms with E-state index in [4.69, 9.17) is 5.26 Å². The van der Waals surface area contributed by atoms with Crippen molar-refractivity contribution in [2.45, 2.75) is 25.8 Å². The molecule has 2 aromatic carbocycles. The van der Waals surface area contributed by atoms with E-state index < -0.39 is 17.9 Å². The Balaban J connectivity index is 2.07. The molecule has 0 radical (unpaired) electrons. The van der Waals surface area contributed by atoms with Crippen LogP contribution in [0.5, 0.6) is 0 Å². The average molecular weight is 310 g/mol. The van der Waals surface area contributed by atoms with Gasteiger partial charge in [-0.05, 0) is 16.3 Å². The van der Waals surface area contributed by atoms with Crippen LogP contribution in [0.25, 0.3) is 10.8 Å². The van der Waals surface area contributed by atoms with Crippen molar-refractivity contribution >= 4 is 22.6 Å². The van der Waals surface area contributed by atoms with Crippen LogP contribution in [0.2, 0.25) is 0 Å². The maximum Gasteiger partial charge on any atom is 0.326 e. The molecule has 2 N–H and O–H groups in total. The molecule has 5 nitrogen and oxygen atoms in total. The number of hydrogen-bond acceptors (Lipinski definition) is 3. The molecule has 23 heavy (non-hydrogen) atoms. The Morgan fingerprint density at radius 1 is 1.22 bits per heavy atom. The number of nitrogens with zero attached hydrogens (tertiary/aromatic N) is 1. The van der Waals surface area contributed by atoms with Gasteiger partial charge in [-0.3, -0.25) is 4.79 Å². The van der Waals surface area contributed by atoms with Gasteiger partial charge in [0, 0.05) is 12.3 Å². The molecular weight excluding hydrogens is 292 g/mol. The van der Waals surface area contributed by atoms with E-state index in [0.717, 1.165) is 16.3 Å². The van der Waals surface area contributed by atoms with Crippen LogP contribution in [-0.4, -0.2) is 23.0 Å². The van der Waals surface area contributed by atoms with Gasteiger partial charge in [-0.25, -0.2) is 4.79 Å². The number of carboxylic acid groups (broad SMARTS) is 1. The van der Waals surface area contributed by atoms with E-state index >= 15 is 0 Å². The van der Waals surface area contributed by atoms with E-state index in [1.54, 1.807) is 6.92 Å². The molecule has 0 bridgehead atoms. The summed E-state index contributed by atoms with van der Waals surface area (Å²) < 4.78 is 0. The lowest BCUT2D eigenvalue weighted by molar-refractivity contribution is -0.143. The second kappa shape index (κ2) is 7.41. The summed E-state index contributed by atoms with van der Waals surface area (Å²) in [5.41, 5.74) is 0.818. The number of aliphatic carboxylic acids is 1. The molecule has 0 aliphatic heterocycles. The molecule has 0 saturated heterocycles. The van der Waals surface area contributed by atoms with Gasteiger partial charge in [0.25, 0.3) is 0 Å². The normalized spacial score (nSPS) is 13.0. The molecule has 2 aromatic rings. The minimum Gasteiger partial charge on any atom is -0.480 e. The minimum absolute atomic E-state index is 0.0766. The summed E-state index contributed by atoms with van der Waals surface area (Å²) in [5, 5.41) is 22.5. The van der Waals surface area contributed by atoms with Crippen molar-refractivity contribution in [2.75, 3.05) is 0 Å². The van der Waals surface area contributed by atoms with Gasteiger partial charge in [0.2, 0.25) is 5.91 Å². The first kappa shape index (κ1) is 16.5. The second-order valence-electron chi connectivity index (χ2n) is 5.58. The Morgan fingerprint density at radius 3 is 2.57 bits per heavy atom. The monoisotopic (exact) mass is 310 g/mol. The molecule has 118 valence electrons. The van der Waals surface area contributed by atoms with Gasteiger partial charge >= 0.3 is 5.97 Å². The van der Waals surface area contributed by atoms with Crippen molar-refractivity contribution in [3.8, 4) is 6.07 Å². The van der Waals surface area contributed by atoms with E-state index in [2.05, 4.69) is 5.32 Å². The summed E-state index contributed by atoms with van der Waals surface area (Å²) in [6, 6.07) is 14.4. The topological polar surface area (TPSA) is 90.2 Å². The number of nitrogens with one attached hydrogen (secondary N) is 1. The summed E-state index contributed by atoms with van der Waals surface area (Å²) in [6.07, 6.45) is 0.182. The zero-order chi connectivity index (χ0) is 16.8. The Kier molecular flexibility index (Phi) is 5.32. The van der Waals surface area contributed by atoms with Crippen molar-refractivity contribution in [1.29, 1.82) is 5.26 Å². The zero-order valence-electron chi connectivity index (χ0n) is 12.8. The third-order valence-electron chi connectivity index (χ3n) is 3.74. The Hall–Kier alpha value is -2.87. The molecular formula is C18H18N2O3. The zero-order valence-corrected chi connectivity index (χ0v) is 12.8. The van der Waals surface area contributed by atoms with Gasteiger partial charge in [0.05, 0.1) is 12.5 Å². The lowest BCUT2D eigenvalue weighted by atomic mass is 9.98. The number of carboxylic acids is 1. The highest BCUT2D eigenvalue weighted by atomic mass is 16.4. The van der Waals surface area contributed by atoms with Gasteiger partial charge in [0.1, 0.15) is 6.04 Å². The molecule has 0 fully saturated rings. The number of amides is 1. The van der Waals surface area contributed by atoms with Crippen LogP contribution in [0.4, 0.5) is 0 Å². The Bertz CT molecular complexity index is 764. The first-order chi connectivity index (χ1) is 11.0. The number of carbonyl (C=O) groups excluding carboxylic acids is 1. The fraction of sp³-hybridized carbons (Fsp3) is 0.278. The van der Waals surface area contributed by atoms with Crippen molar-refractivity contribution in [2.24, 2.45) is 5.92 Å². The van der Waals surface area contributed by atoms with Gasteiger partial charge < -0.3 is 10.4 Å². The molecule has 0 aliphatic rings. The lowest BCUT2D eigenvalue weighted by Crippen LogP contribution is -2.45. The Morgan fingerprint density at radius 2 is 1.91 bits per heavy atom. The number of nitriles is 1. The highest BCUT2D eigenvalue weighted by Gasteiger charge is 2.26. The molecule has 1 amide bonds. The number of fused-ring (bicyclic) bond motifs is 1. The predicted octanol–water partition coefficient (Wildman–Crippen LogP) is 2.50. The fourth-order valence-corrected chi connectivity index (χ4v) is 2.47. The van der Waals surface area contributed by atoms with Crippen LogP contribution >= 0.6 is 0 Å². The van der Waals surface area contributed by atoms with Crippen molar-refractivity contribution < 1.29 is 14.7 Å². The maximum absolute atomic E-state index is 12.1. The molecule has 0 aromatic heterocycles. The molecule has 0 saturated carbocycles. The Labute approximate surface area is 134 Å². The van der Waals surface area contributed by atoms with Crippen LogP contribution < -0.4 is 5.32 Å². The van der Waals surface area contributed by atoms with Gasteiger partial charge in [-0.1, -0.05) is 49.4 Å². The summed E-state index contributed by atoms with van der Waals surface area (Å²) in [4.78, 5) is 23.4. The molecule has 5 heteroatoms. The molecule has 2 rings (SSSR count). The van der Waals surface area contributed by atoms with Crippen molar-refractivity contribution in [1.82, 2.24) is 5.32 Å². The third-order valence-corrected chi connectivity index (χ3v) is 3.74. The standard InChI is InChI=1S/C18H18N2O3/c1-12(8-9-19)17(18(22)23)20-16(21)11-13-6-7-14-4-2-3-5-15(14)10-13/h2-7,10,12,17H,8,11H2,1H3,(H,20,21)(H,22,23)/t12-,17+/m1/s1. The summed E-state index contributed by atoms with van der Waals surface area (Å²) in [5.74, 6) is -1.94.